The zero-order valence-electron chi connectivity index (χ0n) is 8.43. The van der Waals surface area contributed by atoms with Crippen molar-refractivity contribution in [3.63, 3.8) is 0 Å². The molecule has 15 heavy (non-hydrogen) atoms. The van der Waals surface area contributed by atoms with E-state index in [0.29, 0.717) is 17.6 Å². The third-order valence-corrected chi connectivity index (χ3v) is 2.48. The van der Waals surface area contributed by atoms with Gasteiger partial charge in [-0.1, -0.05) is 37.3 Å². The van der Waals surface area contributed by atoms with Crippen molar-refractivity contribution < 1.29 is 14.6 Å². The highest BCUT2D eigenvalue weighted by Crippen LogP contribution is 2.31. The molecule has 0 saturated carbocycles. The number of aliphatic hydroxyl groups excluding tert-OH is 1. The van der Waals surface area contributed by atoms with E-state index in [0.717, 1.165) is 5.56 Å². The van der Waals surface area contributed by atoms with Crippen molar-refractivity contribution in [1.82, 2.24) is 0 Å². The van der Waals surface area contributed by atoms with E-state index in [9.17, 15) is 9.90 Å². The monoisotopic (exact) mass is 204 g/mol. The Balaban J connectivity index is 2.50. The molecule has 0 amide bonds. The van der Waals surface area contributed by atoms with E-state index in [4.69, 9.17) is 4.74 Å². The topological polar surface area (TPSA) is 46.5 Å². The Labute approximate surface area is 88.0 Å². The molecule has 0 saturated heterocycles. The lowest BCUT2D eigenvalue weighted by atomic mass is 10.00. The van der Waals surface area contributed by atoms with E-state index in [1.54, 1.807) is 0 Å². The maximum atomic E-state index is 11.4. The maximum absolute atomic E-state index is 11.4. The zero-order valence-corrected chi connectivity index (χ0v) is 8.43. The van der Waals surface area contributed by atoms with Crippen molar-refractivity contribution in [2.75, 3.05) is 0 Å². The summed E-state index contributed by atoms with van der Waals surface area (Å²) >= 11 is 0. The molecule has 2 rings (SSSR count). The van der Waals surface area contributed by atoms with Gasteiger partial charge in [-0.05, 0) is 12.0 Å². The number of carbonyl (C=O) groups excluding carboxylic acids is 1. The van der Waals surface area contributed by atoms with Crippen molar-refractivity contribution in [3.05, 3.63) is 41.5 Å². The van der Waals surface area contributed by atoms with Gasteiger partial charge in [0.05, 0.1) is 0 Å². The van der Waals surface area contributed by atoms with Crippen LogP contribution in [0.25, 0.3) is 5.57 Å². The second-order valence-corrected chi connectivity index (χ2v) is 3.37. The van der Waals surface area contributed by atoms with E-state index < -0.39 is 12.3 Å². The first-order valence-electron chi connectivity index (χ1n) is 4.91. The molecule has 3 nitrogen and oxygen atoms in total. The van der Waals surface area contributed by atoms with Crippen LogP contribution in [0.3, 0.4) is 0 Å². The lowest BCUT2D eigenvalue weighted by Crippen LogP contribution is -2.09. The summed E-state index contributed by atoms with van der Waals surface area (Å²) in [6.45, 7) is 1.87. The van der Waals surface area contributed by atoms with Crippen molar-refractivity contribution >= 4 is 11.5 Å². The molecule has 0 fully saturated rings. The van der Waals surface area contributed by atoms with Gasteiger partial charge in [-0.15, -0.1) is 0 Å². The molecule has 1 heterocycles. The summed E-state index contributed by atoms with van der Waals surface area (Å²) in [6, 6.07) is 9.34. The van der Waals surface area contributed by atoms with Gasteiger partial charge in [-0.25, -0.2) is 4.79 Å². The van der Waals surface area contributed by atoms with Crippen molar-refractivity contribution in [2.24, 2.45) is 0 Å². The number of hydrogen-bond acceptors (Lipinski definition) is 3. The first kappa shape index (κ1) is 9.93. The van der Waals surface area contributed by atoms with Gasteiger partial charge in [-0.3, -0.25) is 0 Å². The molecule has 0 aromatic heterocycles. The van der Waals surface area contributed by atoms with Gasteiger partial charge in [0.15, 0.2) is 0 Å². The lowest BCUT2D eigenvalue weighted by Gasteiger charge is -2.07. The predicted molar refractivity (Wildman–Crippen MR) is 55.8 cm³/mol. The van der Waals surface area contributed by atoms with E-state index in [2.05, 4.69) is 0 Å². The second kappa shape index (κ2) is 3.87. The van der Waals surface area contributed by atoms with Crippen LogP contribution in [0.4, 0.5) is 0 Å². The summed E-state index contributed by atoms with van der Waals surface area (Å²) in [5.41, 5.74) is 2.00. The van der Waals surface area contributed by atoms with Crippen LogP contribution in [0.2, 0.25) is 0 Å². The summed E-state index contributed by atoms with van der Waals surface area (Å²) in [4.78, 5) is 11.4. The number of ether oxygens (including phenoxy) is 1. The number of esters is 1. The molecule has 0 spiro atoms. The fraction of sp³-hybridized carbons (Fsp3) is 0.250. The Morgan fingerprint density at radius 2 is 2.00 bits per heavy atom. The highest BCUT2D eigenvalue weighted by Gasteiger charge is 2.31. The fourth-order valence-corrected chi connectivity index (χ4v) is 1.76. The zero-order chi connectivity index (χ0) is 10.8. The van der Waals surface area contributed by atoms with Crippen LogP contribution in [0.15, 0.2) is 35.9 Å². The third-order valence-electron chi connectivity index (χ3n) is 2.48. The normalized spacial score (nSPS) is 20.7. The van der Waals surface area contributed by atoms with Gasteiger partial charge < -0.3 is 9.84 Å². The Morgan fingerprint density at radius 1 is 1.33 bits per heavy atom. The lowest BCUT2D eigenvalue weighted by molar-refractivity contribution is -0.150. The highest BCUT2D eigenvalue weighted by molar-refractivity contribution is 6.02. The summed E-state index contributed by atoms with van der Waals surface area (Å²) < 4.78 is 4.77. The summed E-state index contributed by atoms with van der Waals surface area (Å²) in [6.07, 6.45) is -0.546. The predicted octanol–water partition coefficient (Wildman–Crippen LogP) is 1.73. The van der Waals surface area contributed by atoms with E-state index in [-0.39, 0.29) is 0 Å². The van der Waals surface area contributed by atoms with E-state index >= 15 is 0 Å². The Kier molecular flexibility index (Phi) is 2.56. The molecule has 1 aromatic carbocycles. The van der Waals surface area contributed by atoms with Crippen molar-refractivity contribution in [3.8, 4) is 0 Å². The first-order chi connectivity index (χ1) is 7.24. The highest BCUT2D eigenvalue weighted by atomic mass is 16.6. The van der Waals surface area contributed by atoms with Crippen molar-refractivity contribution in [1.29, 1.82) is 0 Å². The number of carbonyl (C=O) groups is 1. The largest absolute Gasteiger partial charge is 0.428 e. The molecule has 0 aliphatic carbocycles. The second-order valence-electron chi connectivity index (χ2n) is 3.37. The van der Waals surface area contributed by atoms with Gasteiger partial charge >= 0.3 is 5.97 Å². The smallest absolute Gasteiger partial charge is 0.337 e. The molecule has 1 aliphatic heterocycles. The molecule has 1 N–H and O–H groups in total. The third kappa shape index (κ3) is 1.66. The molecule has 1 atom stereocenters. The number of cyclic esters (lactones) is 1. The molecule has 3 heteroatoms. The maximum Gasteiger partial charge on any atom is 0.337 e. The molecule has 78 valence electrons. The Morgan fingerprint density at radius 3 is 2.60 bits per heavy atom. The fourth-order valence-electron chi connectivity index (χ4n) is 1.76. The number of rotatable bonds is 2. The minimum Gasteiger partial charge on any atom is -0.428 e. The van der Waals surface area contributed by atoms with Crippen LogP contribution < -0.4 is 0 Å². The standard InChI is InChI=1S/C12H12O3/c1-2-9-10(12(14)15-11(9)13)8-6-4-3-5-7-8/h3-7,12,14H,2H2,1H3. The van der Waals surface area contributed by atoms with Crippen LogP contribution in [-0.4, -0.2) is 17.4 Å². The molecule has 0 radical (unpaired) electrons. The van der Waals surface area contributed by atoms with E-state index in [1.165, 1.54) is 0 Å². The number of aliphatic hydroxyl groups is 1. The quantitative estimate of drug-likeness (QED) is 0.746. The van der Waals surface area contributed by atoms with Crippen LogP contribution in [-0.2, 0) is 9.53 Å². The molecular formula is C12H12O3. The van der Waals surface area contributed by atoms with E-state index in [1.807, 2.05) is 37.3 Å². The van der Waals surface area contributed by atoms with Gasteiger partial charge in [0.25, 0.3) is 0 Å². The number of benzene rings is 1. The average Bonchev–Trinajstić information content (AvgIpc) is 2.54. The molecule has 1 aromatic rings. The van der Waals surface area contributed by atoms with Crippen LogP contribution in [0, 0.1) is 0 Å². The SMILES string of the molecule is CCC1=C(c2ccccc2)C(O)OC1=O. The van der Waals surface area contributed by atoms with Gasteiger partial charge in [0, 0.05) is 11.1 Å². The number of hydrogen-bond donors (Lipinski definition) is 1. The van der Waals surface area contributed by atoms with Crippen LogP contribution in [0.5, 0.6) is 0 Å². The molecule has 1 aliphatic rings. The van der Waals surface area contributed by atoms with Gasteiger partial charge in [0.2, 0.25) is 6.29 Å². The van der Waals surface area contributed by atoms with Crippen molar-refractivity contribution in [2.45, 2.75) is 19.6 Å². The first-order valence-corrected chi connectivity index (χ1v) is 4.91. The summed E-state index contributed by atoms with van der Waals surface area (Å²) in [5, 5.41) is 9.61. The molecule has 0 bridgehead atoms. The minimum absolute atomic E-state index is 0.413. The van der Waals surface area contributed by atoms with Crippen LogP contribution >= 0.6 is 0 Å². The molecular weight excluding hydrogens is 192 g/mol. The summed E-state index contributed by atoms with van der Waals surface area (Å²) in [5.74, 6) is -0.413. The molecule has 1 unspecified atom stereocenters. The Hall–Kier alpha value is -1.61. The van der Waals surface area contributed by atoms with Crippen LogP contribution in [0.1, 0.15) is 18.9 Å². The summed E-state index contributed by atoms with van der Waals surface area (Å²) in [7, 11) is 0. The van der Waals surface area contributed by atoms with Gasteiger partial charge in [0.1, 0.15) is 0 Å². The average molecular weight is 204 g/mol. The Bertz CT molecular complexity index is 406. The minimum atomic E-state index is -1.12. The van der Waals surface area contributed by atoms with Gasteiger partial charge in [-0.2, -0.15) is 0 Å².